The van der Waals surface area contributed by atoms with Gasteiger partial charge in [0.15, 0.2) is 5.60 Å². The minimum atomic E-state index is -1.04. The lowest BCUT2D eigenvalue weighted by atomic mass is 9.76. The summed E-state index contributed by atoms with van der Waals surface area (Å²) in [6.07, 6.45) is 0. The van der Waals surface area contributed by atoms with Gasteiger partial charge >= 0.3 is 5.97 Å². The zero-order valence-electron chi connectivity index (χ0n) is 16.0. The molecule has 0 aromatic heterocycles. The van der Waals surface area contributed by atoms with E-state index in [1.165, 1.54) is 0 Å². The van der Waals surface area contributed by atoms with E-state index in [9.17, 15) is 4.79 Å². The van der Waals surface area contributed by atoms with E-state index in [4.69, 9.17) is 14.2 Å². The molecule has 3 aromatic carbocycles. The Labute approximate surface area is 164 Å². The van der Waals surface area contributed by atoms with Crippen LogP contribution in [0.4, 0.5) is 0 Å². The molecule has 0 bridgehead atoms. The van der Waals surface area contributed by atoms with Crippen LogP contribution in [0.5, 0.6) is 0 Å². The van der Waals surface area contributed by atoms with Crippen molar-refractivity contribution in [3.63, 3.8) is 0 Å². The lowest BCUT2D eigenvalue weighted by Gasteiger charge is -2.33. The Hall–Kier alpha value is -2.95. The van der Waals surface area contributed by atoms with Crippen LogP contribution in [0.15, 0.2) is 72.8 Å². The first kappa shape index (κ1) is 18.4. The van der Waals surface area contributed by atoms with Gasteiger partial charge in [0.1, 0.15) is 0 Å². The molecule has 0 amide bonds. The molecule has 4 heteroatoms. The second-order valence-electron chi connectivity index (χ2n) is 6.80. The second-order valence-corrected chi connectivity index (χ2v) is 6.80. The predicted octanol–water partition coefficient (Wildman–Crippen LogP) is 4.44. The van der Waals surface area contributed by atoms with Gasteiger partial charge in [0.25, 0.3) is 0 Å². The van der Waals surface area contributed by atoms with Gasteiger partial charge in [-0.25, -0.2) is 4.79 Å². The molecule has 1 heterocycles. The number of methoxy groups -OCH3 is 2. The van der Waals surface area contributed by atoms with Crippen LogP contribution in [0.1, 0.15) is 38.2 Å². The Kier molecular flexibility index (Phi) is 4.99. The molecule has 0 N–H and O–H groups in total. The van der Waals surface area contributed by atoms with Gasteiger partial charge in [-0.2, -0.15) is 0 Å². The van der Waals surface area contributed by atoms with Crippen LogP contribution in [0.3, 0.4) is 0 Å². The molecule has 4 nitrogen and oxygen atoms in total. The van der Waals surface area contributed by atoms with E-state index in [1.807, 2.05) is 72.8 Å². The Balaban J connectivity index is 2.07. The fraction of sp³-hybridized carbons (Fsp3) is 0.208. The quantitative estimate of drug-likeness (QED) is 0.598. The third-order valence-electron chi connectivity index (χ3n) is 5.17. The Morgan fingerprint density at radius 3 is 1.71 bits per heavy atom. The maximum absolute atomic E-state index is 12.9. The lowest BCUT2D eigenvalue weighted by Crippen LogP contribution is -2.32. The number of hydrogen-bond donors (Lipinski definition) is 0. The van der Waals surface area contributed by atoms with Gasteiger partial charge in [0.2, 0.25) is 0 Å². The smallest absolute Gasteiger partial charge is 0.340 e. The number of fused-ring (bicyclic) bond motifs is 1. The van der Waals surface area contributed by atoms with Crippen molar-refractivity contribution in [3.8, 4) is 0 Å². The summed E-state index contributed by atoms with van der Waals surface area (Å²) in [6.45, 7) is 0.841. The van der Waals surface area contributed by atoms with Crippen molar-refractivity contribution in [2.75, 3.05) is 14.2 Å². The minimum Gasteiger partial charge on any atom is -0.441 e. The molecule has 4 rings (SSSR count). The molecule has 142 valence electrons. The molecule has 0 saturated heterocycles. The molecule has 1 aliphatic heterocycles. The lowest BCUT2D eigenvalue weighted by molar-refractivity contribution is 0.0236. The number of benzene rings is 3. The fourth-order valence-corrected chi connectivity index (χ4v) is 4.05. The summed E-state index contributed by atoms with van der Waals surface area (Å²) in [6, 6.07) is 23.5. The van der Waals surface area contributed by atoms with E-state index in [-0.39, 0.29) is 5.97 Å². The molecule has 0 fully saturated rings. The summed E-state index contributed by atoms with van der Waals surface area (Å²) in [5.41, 5.74) is 4.13. The van der Waals surface area contributed by atoms with Gasteiger partial charge in [-0.05, 0) is 17.2 Å². The van der Waals surface area contributed by atoms with Crippen LogP contribution < -0.4 is 0 Å². The molecule has 0 atom stereocenters. The summed E-state index contributed by atoms with van der Waals surface area (Å²) in [5.74, 6) is -0.324. The predicted molar refractivity (Wildman–Crippen MR) is 106 cm³/mol. The van der Waals surface area contributed by atoms with Gasteiger partial charge in [-0.1, -0.05) is 66.7 Å². The number of hydrogen-bond acceptors (Lipinski definition) is 4. The molecule has 0 spiro atoms. The van der Waals surface area contributed by atoms with Crippen LogP contribution in [-0.4, -0.2) is 20.2 Å². The third-order valence-corrected chi connectivity index (χ3v) is 5.17. The van der Waals surface area contributed by atoms with Gasteiger partial charge < -0.3 is 14.2 Å². The Morgan fingerprint density at radius 2 is 1.18 bits per heavy atom. The normalized spacial score (nSPS) is 14.6. The van der Waals surface area contributed by atoms with Crippen LogP contribution >= 0.6 is 0 Å². The molecule has 28 heavy (non-hydrogen) atoms. The first-order valence-electron chi connectivity index (χ1n) is 9.20. The number of cyclic esters (lactones) is 1. The van der Waals surface area contributed by atoms with Crippen molar-refractivity contribution in [2.45, 2.75) is 18.8 Å². The highest BCUT2D eigenvalue weighted by Gasteiger charge is 2.50. The molecule has 0 radical (unpaired) electrons. The van der Waals surface area contributed by atoms with Gasteiger partial charge in [0.05, 0.1) is 18.8 Å². The van der Waals surface area contributed by atoms with E-state index in [1.54, 1.807) is 14.2 Å². The average Bonchev–Trinajstić information content (AvgIpc) is 3.03. The van der Waals surface area contributed by atoms with Crippen molar-refractivity contribution >= 4 is 5.97 Å². The van der Waals surface area contributed by atoms with Crippen molar-refractivity contribution in [1.82, 2.24) is 0 Å². The highest BCUT2D eigenvalue weighted by Crippen LogP contribution is 2.49. The van der Waals surface area contributed by atoms with Gasteiger partial charge in [-0.15, -0.1) is 0 Å². The summed E-state index contributed by atoms with van der Waals surface area (Å²) in [7, 11) is 3.33. The number of rotatable bonds is 6. The van der Waals surface area contributed by atoms with E-state index in [0.717, 1.165) is 27.8 Å². The van der Waals surface area contributed by atoms with Crippen LogP contribution in [-0.2, 0) is 33.0 Å². The van der Waals surface area contributed by atoms with E-state index in [0.29, 0.717) is 18.8 Å². The molecule has 1 aliphatic rings. The molecule has 0 saturated carbocycles. The van der Waals surface area contributed by atoms with Crippen molar-refractivity contribution in [2.24, 2.45) is 0 Å². The van der Waals surface area contributed by atoms with E-state index >= 15 is 0 Å². The van der Waals surface area contributed by atoms with E-state index in [2.05, 4.69) is 0 Å². The summed E-state index contributed by atoms with van der Waals surface area (Å²) in [4.78, 5) is 12.9. The van der Waals surface area contributed by atoms with Crippen molar-refractivity contribution in [1.29, 1.82) is 0 Å². The largest absolute Gasteiger partial charge is 0.441 e. The van der Waals surface area contributed by atoms with Crippen molar-refractivity contribution < 1.29 is 19.0 Å². The number of carbonyl (C=O) groups excluding carboxylic acids is 1. The number of ether oxygens (including phenoxy) is 3. The first-order chi connectivity index (χ1) is 13.7. The summed E-state index contributed by atoms with van der Waals surface area (Å²) in [5, 5.41) is 0. The van der Waals surface area contributed by atoms with Gasteiger partial charge in [0, 0.05) is 30.9 Å². The minimum absolute atomic E-state index is 0.324. The average molecular weight is 374 g/mol. The first-order valence-corrected chi connectivity index (χ1v) is 9.20. The van der Waals surface area contributed by atoms with Crippen LogP contribution in [0, 0.1) is 0 Å². The third kappa shape index (κ3) is 2.82. The Bertz CT molecular complexity index is 959. The van der Waals surface area contributed by atoms with E-state index < -0.39 is 5.60 Å². The fourth-order valence-electron chi connectivity index (χ4n) is 4.05. The number of carbonyl (C=O) groups is 1. The zero-order valence-corrected chi connectivity index (χ0v) is 16.0. The Morgan fingerprint density at radius 1 is 0.714 bits per heavy atom. The summed E-state index contributed by atoms with van der Waals surface area (Å²) >= 11 is 0. The highest BCUT2D eigenvalue weighted by molar-refractivity contribution is 5.96. The monoisotopic (exact) mass is 374 g/mol. The number of esters is 1. The highest BCUT2D eigenvalue weighted by atomic mass is 16.6. The SMILES string of the molecule is COCc1ccccc1C1(c2ccccc2COC)OC(=O)c2ccccc21. The maximum Gasteiger partial charge on any atom is 0.340 e. The maximum atomic E-state index is 12.9. The van der Waals surface area contributed by atoms with Crippen LogP contribution in [0.2, 0.25) is 0 Å². The topological polar surface area (TPSA) is 44.8 Å². The molecule has 3 aromatic rings. The molecular formula is C24H22O4. The zero-order chi connectivity index (χ0) is 19.6. The molecule has 0 aliphatic carbocycles. The molecule has 0 unspecified atom stereocenters. The van der Waals surface area contributed by atoms with Crippen molar-refractivity contribution in [3.05, 3.63) is 106 Å². The second kappa shape index (κ2) is 7.58. The standard InChI is InChI=1S/C24H22O4/c1-26-15-17-9-3-6-12-20(17)24(21-13-7-4-10-18(21)16-27-2)22-14-8-5-11-19(22)23(25)28-24/h3-14H,15-16H2,1-2H3. The summed E-state index contributed by atoms with van der Waals surface area (Å²) < 4.78 is 17.1. The molecular weight excluding hydrogens is 352 g/mol. The van der Waals surface area contributed by atoms with Gasteiger partial charge in [-0.3, -0.25) is 0 Å². The van der Waals surface area contributed by atoms with Crippen LogP contribution in [0.25, 0.3) is 0 Å².